The molecule has 0 amide bonds. The highest BCUT2D eigenvalue weighted by Crippen LogP contribution is 2.37. The van der Waals surface area contributed by atoms with Gasteiger partial charge in [0.1, 0.15) is 0 Å². The van der Waals surface area contributed by atoms with Crippen molar-refractivity contribution in [3.8, 4) is 0 Å². The molecule has 2 unspecified atom stereocenters. The van der Waals surface area contributed by atoms with Crippen molar-refractivity contribution in [2.45, 2.75) is 56.7 Å². The highest BCUT2D eigenvalue weighted by molar-refractivity contribution is 8.00. The standard InChI is InChI=1S/C13H28N2S/c1-4-5-6-9-15(3)13(11-14)8-7-10-16-12(13)2/h12H,4-11,14H2,1-3H3. The summed E-state index contributed by atoms with van der Waals surface area (Å²) >= 11 is 2.10. The molecule has 2 nitrogen and oxygen atoms in total. The lowest BCUT2D eigenvalue weighted by molar-refractivity contribution is 0.109. The maximum absolute atomic E-state index is 6.08. The van der Waals surface area contributed by atoms with E-state index in [0.29, 0.717) is 5.25 Å². The molecule has 0 spiro atoms. The highest BCUT2D eigenvalue weighted by Gasteiger charge is 2.40. The smallest absolute Gasteiger partial charge is 0.0444 e. The van der Waals surface area contributed by atoms with Crippen LogP contribution in [0.3, 0.4) is 0 Å². The van der Waals surface area contributed by atoms with Gasteiger partial charge in [-0.05, 0) is 38.6 Å². The maximum Gasteiger partial charge on any atom is 0.0444 e. The second-order valence-corrected chi connectivity index (χ2v) is 6.50. The van der Waals surface area contributed by atoms with Gasteiger partial charge in [-0.25, -0.2) is 0 Å². The first kappa shape index (κ1) is 14.3. The van der Waals surface area contributed by atoms with Crippen molar-refractivity contribution >= 4 is 11.8 Å². The molecule has 3 heteroatoms. The van der Waals surface area contributed by atoms with E-state index in [4.69, 9.17) is 5.73 Å². The number of nitrogens with two attached hydrogens (primary N) is 1. The summed E-state index contributed by atoms with van der Waals surface area (Å²) in [5, 5.41) is 0.679. The van der Waals surface area contributed by atoms with Gasteiger partial charge in [-0.1, -0.05) is 26.7 Å². The van der Waals surface area contributed by atoms with E-state index in [0.717, 1.165) is 6.54 Å². The Balaban J connectivity index is 2.55. The van der Waals surface area contributed by atoms with E-state index in [-0.39, 0.29) is 5.54 Å². The summed E-state index contributed by atoms with van der Waals surface area (Å²) in [6.07, 6.45) is 6.55. The number of hydrogen-bond acceptors (Lipinski definition) is 3. The second kappa shape index (κ2) is 6.87. The quantitative estimate of drug-likeness (QED) is 0.729. The van der Waals surface area contributed by atoms with Gasteiger partial charge in [-0.15, -0.1) is 0 Å². The van der Waals surface area contributed by atoms with Crippen molar-refractivity contribution in [3.63, 3.8) is 0 Å². The summed E-state index contributed by atoms with van der Waals surface area (Å²) in [5.74, 6) is 1.31. The van der Waals surface area contributed by atoms with Crippen LogP contribution in [0.1, 0.15) is 46.0 Å². The van der Waals surface area contributed by atoms with Crippen LogP contribution in [0.2, 0.25) is 0 Å². The van der Waals surface area contributed by atoms with Gasteiger partial charge in [0.15, 0.2) is 0 Å². The Morgan fingerprint density at radius 3 is 2.75 bits per heavy atom. The molecule has 0 aliphatic carbocycles. The topological polar surface area (TPSA) is 29.3 Å². The predicted octanol–water partition coefficient (Wildman–Crippen LogP) is 2.72. The van der Waals surface area contributed by atoms with E-state index in [9.17, 15) is 0 Å². The van der Waals surface area contributed by atoms with E-state index >= 15 is 0 Å². The maximum atomic E-state index is 6.08. The Hall–Kier alpha value is 0.270. The van der Waals surface area contributed by atoms with Gasteiger partial charge in [0, 0.05) is 17.3 Å². The van der Waals surface area contributed by atoms with Gasteiger partial charge in [-0.2, -0.15) is 11.8 Å². The number of thioether (sulfide) groups is 1. The zero-order valence-electron chi connectivity index (χ0n) is 11.2. The third kappa shape index (κ3) is 3.14. The third-order valence-electron chi connectivity index (χ3n) is 4.09. The van der Waals surface area contributed by atoms with Crippen molar-refractivity contribution < 1.29 is 0 Å². The molecule has 1 aliphatic rings. The van der Waals surface area contributed by atoms with E-state index < -0.39 is 0 Å². The molecule has 0 aromatic heterocycles. The summed E-state index contributed by atoms with van der Waals surface area (Å²) < 4.78 is 0. The predicted molar refractivity (Wildman–Crippen MR) is 75.1 cm³/mol. The van der Waals surface area contributed by atoms with Crippen LogP contribution >= 0.6 is 11.8 Å². The van der Waals surface area contributed by atoms with E-state index in [2.05, 4.69) is 37.6 Å². The Kier molecular flexibility index (Phi) is 6.16. The molecule has 0 aromatic rings. The first-order valence-electron chi connectivity index (χ1n) is 6.70. The SMILES string of the molecule is CCCCCN(C)C1(CN)CCCSC1C. The average molecular weight is 244 g/mol. The highest BCUT2D eigenvalue weighted by atomic mass is 32.2. The minimum atomic E-state index is 0.261. The molecule has 0 aromatic carbocycles. The van der Waals surface area contributed by atoms with Gasteiger partial charge in [0.25, 0.3) is 0 Å². The summed E-state index contributed by atoms with van der Waals surface area (Å²) in [6.45, 7) is 6.63. The molecule has 16 heavy (non-hydrogen) atoms. The van der Waals surface area contributed by atoms with Crippen LogP contribution in [-0.2, 0) is 0 Å². The fraction of sp³-hybridized carbons (Fsp3) is 1.00. The first-order valence-corrected chi connectivity index (χ1v) is 7.75. The molecule has 1 fully saturated rings. The molecule has 1 saturated heterocycles. The lowest BCUT2D eigenvalue weighted by atomic mass is 9.87. The lowest BCUT2D eigenvalue weighted by Gasteiger charge is -2.48. The van der Waals surface area contributed by atoms with E-state index in [1.807, 2.05) is 0 Å². The average Bonchev–Trinajstić information content (AvgIpc) is 2.30. The van der Waals surface area contributed by atoms with Crippen LogP contribution in [0.25, 0.3) is 0 Å². The fourth-order valence-electron chi connectivity index (χ4n) is 2.74. The van der Waals surface area contributed by atoms with Crippen molar-refractivity contribution in [2.24, 2.45) is 5.73 Å². The van der Waals surface area contributed by atoms with Crippen LogP contribution in [0.5, 0.6) is 0 Å². The first-order chi connectivity index (χ1) is 7.67. The van der Waals surface area contributed by atoms with Crippen molar-refractivity contribution in [3.05, 3.63) is 0 Å². The molecule has 1 aliphatic heterocycles. The molecule has 0 saturated carbocycles. The van der Waals surface area contributed by atoms with Crippen molar-refractivity contribution in [1.29, 1.82) is 0 Å². The number of hydrogen-bond donors (Lipinski definition) is 1. The molecule has 2 N–H and O–H groups in total. The number of nitrogens with zero attached hydrogens (tertiary/aromatic N) is 1. The van der Waals surface area contributed by atoms with Gasteiger partial charge >= 0.3 is 0 Å². The number of rotatable bonds is 6. The normalized spacial score (nSPS) is 30.9. The molecule has 96 valence electrons. The van der Waals surface area contributed by atoms with Crippen LogP contribution in [-0.4, -0.2) is 41.6 Å². The monoisotopic (exact) mass is 244 g/mol. The molecule has 2 atom stereocenters. The summed E-state index contributed by atoms with van der Waals surface area (Å²) in [5.41, 5.74) is 6.34. The summed E-state index contributed by atoms with van der Waals surface area (Å²) in [7, 11) is 2.27. The summed E-state index contributed by atoms with van der Waals surface area (Å²) in [6, 6.07) is 0. The fourth-order valence-corrected chi connectivity index (χ4v) is 4.11. The van der Waals surface area contributed by atoms with E-state index in [1.165, 1.54) is 44.4 Å². The minimum Gasteiger partial charge on any atom is -0.329 e. The molecule has 0 bridgehead atoms. The molecule has 1 heterocycles. The van der Waals surface area contributed by atoms with Gasteiger partial charge in [0.2, 0.25) is 0 Å². The second-order valence-electron chi connectivity index (χ2n) is 5.05. The Bertz CT molecular complexity index is 198. The molecular formula is C13H28N2S. The van der Waals surface area contributed by atoms with Gasteiger partial charge in [0.05, 0.1) is 0 Å². The molecule has 1 rings (SSSR count). The zero-order chi connectivity index (χ0) is 12.0. The van der Waals surface area contributed by atoms with Crippen molar-refractivity contribution in [2.75, 3.05) is 25.9 Å². The zero-order valence-corrected chi connectivity index (χ0v) is 12.0. The third-order valence-corrected chi connectivity index (χ3v) is 5.55. The van der Waals surface area contributed by atoms with Crippen LogP contribution in [0.15, 0.2) is 0 Å². The molecular weight excluding hydrogens is 216 g/mol. The van der Waals surface area contributed by atoms with Crippen molar-refractivity contribution in [1.82, 2.24) is 4.90 Å². The summed E-state index contributed by atoms with van der Waals surface area (Å²) in [4.78, 5) is 2.54. The van der Waals surface area contributed by atoms with Crippen LogP contribution in [0, 0.1) is 0 Å². The Morgan fingerprint density at radius 2 is 2.19 bits per heavy atom. The largest absolute Gasteiger partial charge is 0.329 e. The lowest BCUT2D eigenvalue weighted by Crippen LogP contribution is -2.59. The number of unbranched alkanes of at least 4 members (excludes halogenated alkanes) is 2. The minimum absolute atomic E-state index is 0.261. The Labute approximate surface area is 105 Å². The van der Waals surface area contributed by atoms with Crippen LogP contribution in [0.4, 0.5) is 0 Å². The van der Waals surface area contributed by atoms with Gasteiger partial charge in [-0.3, -0.25) is 4.90 Å². The number of likely N-dealkylation sites (N-methyl/N-ethyl adjacent to an activating group) is 1. The van der Waals surface area contributed by atoms with Gasteiger partial charge < -0.3 is 5.73 Å². The van der Waals surface area contributed by atoms with Crippen LogP contribution < -0.4 is 5.73 Å². The van der Waals surface area contributed by atoms with E-state index in [1.54, 1.807) is 0 Å². The Morgan fingerprint density at radius 1 is 1.44 bits per heavy atom. The molecule has 0 radical (unpaired) electrons.